The van der Waals surface area contributed by atoms with E-state index in [0.29, 0.717) is 34.8 Å². The zero-order chi connectivity index (χ0) is 14.2. The molecule has 0 fully saturated rings. The number of para-hydroxylation sites is 1. The minimum atomic E-state index is -1.05. The van der Waals surface area contributed by atoms with E-state index in [9.17, 15) is 10.4 Å². The van der Waals surface area contributed by atoms with Gasteiger partial charge in [-0.05, 0) is 34.1 Å². The number of aliphatic hydroxyl groups excluding tert-OH is 1. The lowest BCUT2D eigenvalue weighted by Crippen LogP contribution is -2.37. The molecule has 20 heavy (non-hydrogen) atoms. The molecule has 2 atom stereocenters. The van der Waals surface area contributed by atoms with Gasteiger partial charge in [0.15, 0.2) is 4.67 Å². The molecule has 0 amide bonds. The van der Waals surface area contributed by atoms with Gasteiger partial charge in [0.1, 0.15) is 23.0 Å². The molecule has 1 aromatic carbocycles. The maximum Gasteiger partial charge on any atom is 0.169 e. The second kappa shape index (κ2) is 4.97. The van der Waals surface area contributed by atoms with Crippen molar-refractivity contribution in [3.05, 3.63) is 52.4 Å². The molecule has 0 saturated heterocycles. The van der Waals surface area contributed by atoms with Gasteiger partial charge in [0.2, 0.25) is 0 Å². The van der Waals surface area contributed by atoms with Crippen molar-refractivity contribution in [2.24, 2.45) is 0 Å². The van der Waals surface area contributed by atoms with Crippen molar-refractivity contribution in [1.29, 1.82) is 5.26 Å². The topological polar surface area (TPSA) is 66.4 Å². The summed E-state index contributed by atoms with van der Waals surface area (Å²) in [4.78, 5) is 0. The summed E-state index contributed by atoms with van der Waals surface area (Å²) in [6.45, 7) is 0.392. The molecule has 1 aliphatic heterocycles. The largest absolute Gasteiger partial charge is 0.493 e. The molecule has 1 N–H and O–H groups in total. The quantitative estimate of drug-likeness (QED) is 0.915. The van der Waals surface area contributed by atoms with Crippen molar-refractivity contribution < 1.29 is 14.3 Å². The Hall–Kier alpha value is -1.77. The Morgan fingerprint density at radius 1 is 1.30 bits per heavy atom. The van der Waals surface area contributed by atoms with Crippen LogP contribution in [0.3, 0.4) is 0 Å². The fourth-order valence-electron chi connectivity index (χ4n) is 2.60. The maximum absolute atomic E-state index is 10.7. The Bertz CT molecular complexity index is 676. The summed E-state index contributed by atoms with van der Waals surface area (Å²) in [6, 6.07) is 13.0. The maximum atomic E-state index is 10.7. The minimum absolute atomic E-state index is 0.370. The van der Waals surface area contributed by atoms with Gasteiger partial charge in [-0.15, -0.1) is 0 Å². The lowest BCUT2D eigenvalue weighted by molar-refractivity contribution is 0.0620. The highest BCUT2D eigenvalue weighted by Crippen LogP contribution is 2.46. The molecule has 1 aromatic heterocycles. The van der Waals surface area contributed by atoms with E-state index >= 15 is 0 Å². The zero-order valence-electron chi connectivity index (χ0n) is 10.5. The molecule has 3 rings (SSSR count). The van der Waals surface area contributed by atoms with Gasteiger partial charge in [0.25, 0.3) is 0 Å². The first-order valence-electron chi connectivity index (χ1n) is 6.24. The molecule has 0 aliphatic carbocycles. The summed E-state index contributed by atoms with van der Waals surface area (Å²) in [5.41, 5.74) is -0.347. The number of benzene rings is 1. The molecule has 2 unspecified atom stereocenters. The van der Waals surface area contributed by atoms with Crippen molar-refractivity contribution in [1.82, 2.24) is 0 Å². The van der Waals surface area contributed by atoms with Crippen LogP contribution >= 0.6 is 15.9 Å². The monoisotopic (exact) mass is 333 g/mol. The van der Waals surface area contributed by atoms with Gasteiger partial charge >= 0.3 is 0 Å². The van der Waals surface area contributed by atoms with E-state index in [4.69, 9.17) is 9.15 Å². The average molecular weight is 334 g/mol. The molecule has 4 nitrogen and oxygen atoms in total. The van der Waals surface area contributed by atoms with Gasteiger partial charge < -0.3 is 14.3 Å². The van der Waals surface area contributed by atoms with E-state index in [-0.39, 0.29) is 0 Å². The molecule has 2 heterocycles. The SMILES string of the molecule is N#CC1(C(O)c2ccc(Br)o2)CCOc2ccccc21. The number of halogens is 1. The first kappa shape index (κ1) is 13.2. The molecular weight excluding hydrogens is 322 g/mol. The molecule has 0 saturated carbocycles. The van der Waals surface area contributed by atoms with Crippen LogP contribution in [0.4, 0.5) is 0 Å². The number of nitrogens with zero attached hydrogens (tertiary/aromatic N) is 1. The van der Waals surface area contributed by atoms with E-state index in [0.717, 1.165) is 0 Å². The standard InChI is InChI=1S/C15H12BrNO3/c16-13-6-5-12(20-13)14(18)15(9-17)7-8-19-11-4-2-1-3-10(11)15/h1-6,14,18H,7-8H2. The molecule has 0 bridgehead atoms. The zero-order valence-corrected chi connectivity index (χ0v) is 12.1. The van der Waals surface area contributed by atoms with Crippen molar-refractivity contribution in [2.45, 2.75) is 17.9 Å². The number of hydrogen-bond donors (Lipinski definition) is 1. The first-order valence-corrected chi connectivity index (χ1v) is 7.03. The van der Waals surface area contributed by atoms with Crippen LogP contribution in [0, 0.1) is 11.3 Å². The summed E-state index contributed by atoms with van der Waals surface area (Å²) in [7, 11) is 0. The van der Waals surface area contributed by atoms with Crippen LogP contribution in [0.2, 0.25) is 0 Å². The van der Waals surface area contributed by atoms with Gasteiger partial charge in [-0.3, -0.25) is 0 Å². The Morgan fingerprint density at radius 2 is 2.10 bits per heavy atom. The summed E-state index contributed by atoms with van der Waals surface area (Å²) >= 11 is 3.21. The first-order chi connectivity index (χ1) is 9.67. The van der Waals surface area contributed by atoms with Gasteiger partial charge in [-0.2, -0.15) is 5.26 Å². The third-order valence-electron chi connectivity index (χ3n) is 3.65. The predicted octanol–water partition coefficient (Wildman–Crippen LogP) is 3.32. The average Bonchev–Trinajstić information content (AvgIpc) is 2.92. The van der Waals surface area contributed by atoms with Crippen molar-refractivity contribution >= 4 is 15.9 Å². The van der Waals surface area contributed by atoms with E-state index in [2.05, 4.69) is 22.0 Å². The lowest BCUT2D eigenvalue weighted by atomic mass is 9.72. The second-order valence-electron chi connectivity index (χ2n) is 4.72. The van der Waals surface area contributed by atoms with Crippen LogP contribution in [0.1, 0.15) is 23.8 Å². The number of rotatable bonds is 2. The van der Waals surface area contributed by atoms with E-state index in [1.807, 2.05) is 24.3 Å². The summed E-state index contributed by atoms with van der Waals surface area (Å²) in [6.07, 6.45) is -0.621. The third kappa shape index (κ3) is 1.92. The van der Waals surface area contributed by atoms with Crippen molar-refractivity contribution in [2.75, 3.05) is 6.61 Å². The normalized spacial score (nSPS) is 22.4. The second-order valence-corrected chi connectivity index (χ2v) is 5.50. The Balaban J connectivity index is 2.12. The van der Waals surface area contributed by atoms with E-state index in [1.54, 1.807) is 12.1 Å². The lowest BCUT2D eigenvalue weighted by Gasteiger charge is -2.35. The smallest absolute Gasteiger partial charge is 0.169 e. The minimum Gasteiger partial charge on any atom is -0.493 e. The van der Waals surface area contributed by atoms with Crippen molar-refractivity contribution in [3.63, 3.8) is 0 Å². The van der Waals surface area contributed by atoms with Crippen molar-refractivity contribution in [3.8, 4) is 11.8 Å². The molecule has 5 heteroatoms. The Morgan fingerprint density at radius 3 is 2.80 bits per heavy atom. The van der Waals surface area contributed by atoms with Crippen LogP contribution < -0.4 is 4.74 Å². The molecular formula is C15H12BrNO3. The van der Waals surface area contributed by atoms with Gasteiger partial charge in [-0.25, -0.2) is 0 Å². The summed E-state index contributed by atoms with van der Waals surface area (Å²) < 4.78 is 11.5. The number of aliphatic hydroxyl groups is 1. The number of nitriles is 1. The Kier molecular flexibility index (Phi) is 3.28. The van der Waals surface area contributed by atoms with Crippen LogP contribution in [-0.4, -0.2) is 11.7 Å². The number of fused-ring (bicyclic) bond motifs is 1. The van der Waals surface area contributed by atoms with Crippen LogP contribution in [-0.2, 0) is 5.41 Å². The fourth-order valence-corrected chi connectivity index (χ4v) is 2.92. The molecule has 0 radical (unpaired) electrons. The highest BCUT2D eigenvalue weighted by Gasteiger charge is 2.46. The van der Waals surface area contributed by atoms with Gasteiger partial charge in [0, 0.05) is 12.0 Å². The molecule has 0 spiro atoms. The molecule has 102 valence electrons. The molecule has 2 aromatic rings. The summed E-state index contributed by atoms with van der Waals surface area (Å²) in [5.74, 6) is 1.01. The number of ether oxygens (including phenoxy) is 1. The van der Waals surface area contributed by atoms with E-state index < -0.39 is 11.5 Å². The Labute approximate surface area is 124 Å². The highest BCUT2D eigenvalue weighted by molar-refractivity contribution is 9.10. The number of furan rings is 1. The van der Waals surface area contributed by atoms with E-state index in [1.165, 1.54) is 0 Å². The predicted molar refractivity (Wildman–Crippen MR) is 75.2 cm³/mol. The summed E-state index contributed by atoms with van der Waals surface area (Å²) in [5, 5.41) is 20.4. The van der Waals surface area contributed by atoms with Crippen LogP contribution in [0.25, 0.3) is 0 Å². The van der Waals surface area contributed by atoms with Crippen LogP contribution in [0.5, 0.6) is 5.75 Å². The van der Waals surface area contributed by atoms with Gasteiger partial charge in [0.05, 0.1) is 12.7 Å². The highest BCUT2D eigenvalue weighted by atomic mass is 79.9. The molecule has 1 aliphatic rings. The third-order valence-corrected chi connectivity index (χ3v) is 4.08. The van der Waals surface area contributed by atoms with Gasteiger partial charge in [-0.1, -0.05) is 18.2 Å². The number of hydrogen-bond acceptors (Lipinski definition) is 4. The fraction of sp³-hybridized carbons (Fsp3) is 0.267. The van der Waals surface area contributed by atoms with Crippen LogP contribution in [0.15, 0.2) is 45.5 Å².